The largest absolute Gasteiger partial charge is 0.496 e. The molecule has 2 aromatic carbocycles. The molecule has 2 aromatic rings. The zero-order chi connectivity index (χ0) is 22.3. The molecule has 5 nitrogen and oxygen atoms in total. The fraction of sp³-hybridized carbons (Fsp3) is 0.364. The van der Waals surface area contributed by atoms with Crippen LogP contribution in [-0.2, 0) is 17.5 Å². The van der Waals surface area contributed by atoms with Crippen LogP contribution in [0.15, 0.2) is 42.5 Å². The number of benzene rings is 2. The van der Waals surface area contributed by atoms with E-state index in [2.05, 4.69) is 5.32 Å². The van der Waals surface area contributed by atoms with E-state index in [9.17, 15) is 18.0 Å². The normalized spacial score (nSPS) is 12.2. The fourth-order valence-corrected chi connectivity index (χ4v) is 2.87. The number of alkyl halides is 3. The Kier molecular flexibility index (Phi) is 7.70. The first-order valence-electron chi connectivity index (χ1n) is 9.33. The molecule has 0 fully saturated rings. The summed E-state index contributed by atoms with van der Waals surface area (Å²) in [6, 6.07) is 11.7. The monoisotopic (exact) mass is 420 g/mol. The summed E-state index contributed by atoms with van der Waals surface area (Å²) >= 11 is 0. The number of carbonyl (C=O) groups excluding carboxylic acids is 1. The molecular weight excluding hydrogens is 397 g/mol. The van der Waals surface area contributed by atoms with Crippen LogP contribution >= 0.6 is 0 Å². The second kappa shape index (κ2) is 10.0. The van der Waals surface area contributed by atoms with Gasteiger partial charge < -0.3 is 14.8 Å². The SMILES string of the molecule is COc1ccccc1CNC(=O)C(CC(C)C)Oc1ccc(C#N)c(C(F)(F)F)c1. The van der Waals surface area contributed by atoms with Gasteiger partial charge in [-0.1, -0.05) is 32.0 Å². The maximum absolute atomic E-state index is 13.2. The van der Waals surface area contributed by atoms with Crippen LogP contribution in [0, 0.1) is 17.2 Å². The quantitative estimate of drug-likeness (QED) is 0.672. The Morgan fingerprint density at radius 2 is 1.90 bits per heavy atom. The molecular formula is C22H23F3N2O3. The van der Waals surface area contributed by atoms with Crippen molar-refractivity contribution in [2.75, 3.05) is 7.11 Å². The van der Waals surface area contributed by atoms with E-state index in [1.54, 1.807) is 18.2 Å². The molecule has 8 heteroatoms. The van der Waals surface area contributed by atoms with Gasteiger partial charge in [0.05, 0.1) is 24.3 Å². The van der Waals surface area contributed by atoms with E-state index in [-0.39, 0.29) is 18.2 Å². The number of rotatable bonds is 8. The minimum Gasteiger partial charge on any atom is -0.496 e. The van der Waals surface area contributed by atoms with Gasteiger partial charge in [0.25, 0.3) is 5.91 Å². The third-order valence-electron chi connectivity index (χ3n) is 4.32. The van der Waals surface area contributed by atoms with Crippen molar-refractivity contribution >= 4 is 5.91 Å². The number of hydrogen-bond acceptors (Lipinski definition) is 4. The summed E-state index contributed by atoms with van der Waals surface area (Å²) in [5.41, 5.74) is -0.842. The molecule has 1 atom stereocenters. The van der Waals surface area contributed by atoms with Gasteiger partial charge in [0.2, 0.25) is 0 Å². The lowest BCUT2D eigenvalue weighted by Crippen LogP contribution is -2.39. The third-order valence-corrected chi connectivity index (χ3v) is 4.32. The summed E-state index contributed by atoms with van der Waals surface area (Å²) in [7, 11) is 1.52. The zero-order valence-corrected chi connectivity index (χ0v) is 16.9. The van der Waals surface area contributed by atoms with Crippen molar-refractivity contribution in [3.63, 3.8) is 0 Å². The van der Waals surface area contributed by atoms with Gasteiger partial charge >= 0.3 is 6.18 Å². The van der Waals surface area contributed by atoms with Gasteiger partial charge in [-0.25, -0.2) is 0 Å². The maximum Gasteiger partial charge on any atom is 0.417 e. The summed E-state index contributed by atoms with van der Waals surface area (Å²) in [5.74, 6) is 0.0976. The topological polar surface area (TPSA) is 71.3 Å². The number of nitriles is 1. The Morgan fingerprint density at radius 3 is 2.50 bits per heavy atom. The molecule has 0 heterocycles. The average Bonchev–Trinajstić information content (AvgIpc) is 2.70. The molecule has 1 amide bonds. The van der Waals surface area contributed by atoms with E-state index in [1.807, 2.05) is 19.9 Å². The van der Waals surface area contributed by atoms with E-state index in [1.165, 1.54) is 19.2 Å². The third kappa shape index (κ3) is 6.14. The first kappa shape index (κ1) is 23.1. The van der Waals surface area contributed by atoms with Crippen molar-refractivity contribution in [3.05, 3.63) is 59.2 Å². The number of hydrogen-bond donors (Lipinski definition) is 1. The van der Waals surface area contributed by atoms with Crippen LogP contribution in [0.2, 0.25) is 0 Å². The molecule has 1 unspecified atom stereocenters. The summed E-state index contributed by atoms with van der Waals surface area (Å²) in [6.45, 7) is 3.94. The van der Waals surface area contributed by atoms with Gasteiger partial charge in [-0.2, -0.15) is 18.4 Å². The van der Waals surface area contributed by atoms with Crippen molar-refractivity contribution in [2.45, 2.75) is 39.1 Å². The van der Waals surface area contributed by atoms with Crippen LogP contribution in [0.1, 0.15) is 37.0 Å². The van der Waals surface area contributed by atoms with Crippen molar-refractivity contribution in [1.82, 2.24) is 5.32 Å². The first-order chi connectivity index (χ1) is 14.2. The van der Waals surface area contributed by atoms with Crippen molar-refractivity contribution < 1.29 is 27.4 Å². The number of methoxy groups -OCH3 is 1. The summed E-state index contributed by atoms with van der Waals surface area (Å²) in [6.07, 6.45) is -5.39. The minimum atomic E-state index is -4.70. The van der Waals surface area contributed by atoms with E-state index < -0.39 is 29.3 Å². The lowest BCUT2D eigenvalue weighted by Gasteiger charge is -2.21. The lowest BCUT2D eigenvalue weighted by molar-refractivity contribution is -0.137. The van der Waals surface area contributed by atoms with Crippen LogP contribution in [-0.4, -0.2) is 19.1 Å². The molecule has 0 spiro atoms. The van der Waals surface area contributed by atoms with Gasteiger partial charge in [-0.3, -0.25) is 4.79 Å². The van der Waals surface area contributed by atoms with Crippen molar-refractivity contribution in [3.8, 4) is 17.6 Å². The molecule has 0 aromatic heterocycles. The van der Waals surface area contributed by atoms with Crippen LogP contribution in [0.3, 0.4) is 0 Å². The average molecular weight is 420 g/mol. The van der Waals surface area contributed by atoms with Crippen LogP contribution in [0.25, 0.3) is 0 Å². The molecule has 0 aliphatic rings. The maximum atomic E-state index is 13.2. The van der Waals surface area contributed by atoms with Gasteiger partial charge in [-0.15, -0.1) is 0 Å². The standard InChI is InChI=1S/C22H23F3N2O3/c1-14(2)10-20(21(28)27-13-16-6-4-5-7-19(16)29-3)30-17-9-8-15(12-26)18(11-17)22(23,24)25/h4-9,11,14,20H,10,13H2,1-3H3,(H,27,28). The molecule has 0 bridgehead atoms. The summed E-state index contributed by atoms with van der Waals surface area (Å²) < 4.78 is 50.5. The highest BCUT2D eigenvalue weighted by atomic mass is 19.4. The number of amides is 1. The fourth-order valence-electron chi connectivity index (χ4n) is 2.87. The molecule has 160 valence electrons. The molecule has 2 rings (SSSR count). The Labute approximate surface area is 173 Å². The highest BCUT2D eigenvalue weighted by Crippen LogP contribution is 2.34. The summed E-state index contributed by atoms with van der Waals surface area (Å²) in [5, 5.41) is 11.7. The molecule has 30 heavy (non-hydrogen) atoms. The highest BCUT2D eigenvalue weighted by Gasteiger charge is 2.34. The zero-order valence-electron chi connectivity index (χ0n) is 16.9. The van der Waals surface area contributed by atoms with Gasteiger partial charge in [0, 0.05) is 12.1 Å². The predicted molar refractivity (Wildman–Crippen MR) is 105 cm³/mol. The molecule has 1 N–H and O–H groups in total. The van der Waals surface area contributed by atoms with E-state index in [0.29, 0.717) is 12.2 Å². The number of halogens is 3. The van der Waals surface area contributed by atoms with Crippen LogP contribution in [0.5, 0.6) is 11.5 Å². The second-order valence-electron chi connectivity index (χ2n) is 7.08. The molecule has 0 aliphatic carbocycles. The predicted octanol–water partition coefficient (Wildman–Crippen LogP) is 4.70. The molecule has 0 saturated carbocycles. The van der Waals surface area contributed by atoms with Gasteiger partial charge in [-0.05, 0) is 36.6 Å². The Morgan fingerprint density at radius 1 is 1.20 bits per heavy atom. The van der Waals surface area contributed by atoms with Crippen molar-refractivity contribution in [1.29, 1.82) is 5.26 Å². The van der Waals surface area contributed by atoms with Crippen molar-refractivity contribution in [2.24, 2.45) is 5.92 Å². The number of nitrogens with zero attached hydrogens (tertiary/aromatic N) is 1. The van der Waals surface area contributed by atoms with Gasteiger partial charge in [0.1, 0.15) is 11.5 Å². The molecule has 0 saturated heterocycles. The van der Waals surface area contributed by atoms with Crippen LogP contribution < -0.4 is 14.8 Å². The van der Waals surface area contributed by atoms with E-state index >= 15 is 0 Å². The van der Waals surface area contributed by atoms with E-state index in [0.717, 1.165) is 17.7 Å². The highest BCUT2D eigenvalue weighted by molar-refractivity contribution is 5.81. The summed E-state index contributed by atoms with van der Waals surface area (Å²) in [4.78, 5) is 12.7. The lowest BCUT2D eigenvalue weighted by atomic mass is 10.0. The number of para-hydroxylation sites is 1. The van der Waals surface area contributed by atoms with Crippen LogP contribution in [0.4, 0.5) is 13.2 Å². The van der Waals surface area contributed by atoms with Gasteiger partial charge in [0.15, 0.2) is 6.10 Å². The first-order valence-corrected chi connectivity index (χ1v) is 9.33. The molecule has 0 aliphatic heterocycles. The number of carbonyl (C=O) groups is 1. The number of nitrogens with one attached hydrogen (secondary N) is 1. The smallest absolute Gasteiger partial charge is 0.417 e. The van der Waals surface area contributed by atoms with E-state index in [4.69, 9.17) is 14.7 Å². The Hall–Kier alpha value is -3.21. The Balaban J connectivity index is 2.19. The minimum absolute atomic E-state index is 0.0625. The molecule has 0 radical (unpaired) electrons. The second-order valence-corrected chi connectivity index (χ2v) is 7.08. The number of ether oxygens (including phenoxy) is 2. The Bertz CT molecular complexity index is 921.